The summed E-state index contributed by atoms with van der Waals surface area (Å²) in [5.74, 6) is 1.53. The van der Waals surface area contributed by atoms with E-state index in [0.717, 1.165) is 23.0 Å². The third kappa shape index (κ3) is 6.03. The highest BCUT2D eigenvalue weighted by molar-refractivity contribution is 7.88. The minimum Gasteiger partial charge on any atom is -0.459 e. The summed E-state index contributed by atoms with van der Waals surface area (Å²) in [6.07, 6.45) is 1.15. The predicted molar refractivity (Wildman–Crippen MR) is 106 cm³/mol. The maximum atomic E-state index is 11.5. The standard InChI is InChI=1S/C18H28N4O3S/c1-6-19-17(20-13-18(2,3)21-26(5,23)24)22(4)12-15-11-14-9-7-8-10-16(14)25-15/h7-11,21H,6,12-13H2,1-5H3,(H,19,20). The van der Waals surface area contributed by atoms with E-state index in [1.165, 1.54) is 0 Å². The van der Waals surface area contributed by atoms with E-state index in [-0.39, 0.29) is 0 Å². The van der Waals surface area contributed by atoms with Gasteiger partial charge in [-0.3, -0.25) is 4.99 Å². The van der Waals surface area contributed by atoms with Gasteiger partial charge in [0.15, 0.2) is 5.96 Å². The third-order valence-electron chi connectivity index (χ3n) is 3.65. The number of benzene rings is 1. The fraction of sp³-hybridized carbons (Fsp3) is 0.500. The quantitative estimate of drug-likeness (QED) is 0.568. The van der Waals surface area contributed by atoms with Crippen LogP contribution >= 0.6 is 0 Å². The first kappa shape index (κ1) is 20.3. The lowest BCUT2D eigenvalue weighted by Crippen LogP contribution is -2.46. The molecule has 0 atom stereocenters. The zero-order chi connectivity index (χ0) is 19.4. The number of rotatable bonds is 7. The molecular weight excluding hydrogens is 352 g/mol. The van der Waals surface area contributed by atoms with Crippen molar-refractivity contribution in [3.8, 4) is 0 Å². The summed E-state index contributed by atoms with van der Waals surface area (Å²) < 4.78 is 31.4. The fourth-order valence-corrected chi connectivity index (χ4v) is 3.77. The van der Waals surface area contributed by atoms with Crippen LogP contribution in [0.15, 0.2) is 39.7 Å². The van der Waals surface area contributed by atoms with Crippen molar-refractivity contribution in [1.82, 2.24) is 14.9 Å². The van der Waals surface area contributed by atoms with Gasteiger partial charge >= 0.3 is 0 Å². The number of fused-ring (bicyclic) bond motifs is 1. The summed E-state index contributed by atoms with van der Waals surface area (Å²) in [6.45, 7) is 7.18. The lowest BCUT2D eigenvalue weighted by Gasteiger charge is -2.26. The van der Waals surface area contributed by atoms with Gasteiger partial charge in [-0.15, -0.1) is 0 Å². The van der Waals surface area contributed by atoms with Crippen LogP contribution in [-0.4, -0.2) is 51.2 Å². The summed E-state index contributed by atoms with van der Waals surface area (Å²) in [6, 6.07) is 9.90. The summed E-state index contributed by atoms with van der Waals surface area (Å²) in [7, 11) is -1.37. The molecule has 8 heteroatoms. The highest BCUT2D eigenvalue weighted by Crippen LogP contribution is 2.19. The minimum atomic E-state index is -3.29. The third-order valence-corrected chi connectivity index (χ3v) is 4.58. The number of furan rings is 1. The number of aliphatic imine (C=N–C) groups is 1. The Morgan fingerprint density at radius 3 is 2.62 bits per heavy atom. The Kier molecular flexibility index (Phi) is 6.30. The summed E-state index contributed by atoms with van der Waals surface area (Å²) >= 11 is 0. The molecule has 1 aromatic heterocycles. The van der Waals surface area contributed by atoms with Crippen LogP contribution in [0, 0.1) is 0 Å². The van der Waals surface area contributed by atoms with Crippen LogP contribution in [0.1, 0.15) is 26.5 Å². The van der Waals surface area contributed by atoms with Crippen LogP contribution in [0.2, 0.25) is 0 Å². The molecular formula is C18H28N4O3S. The average molecular weight is 381 g/mol. The molecule has 0 bridgehead atoms. The van der Waals surface area contributed by atoms with Gasteiger partial charge in [0, 0.05) is 24.5 Å². The summed E-state index contributed by atoms with van der Waals surface area (Å²) in [5, 5.41) is 4.29. The van der Waals surface area contributed by atoms with E-state index in [9.17, 15) is 8.42 Å². The minimum absolute atomic E-state index is 0.312. The number of para-hydroxylation sites is 1. The molecule has 0 saturated heterocycles. The van der Waals surface area contributed by atoms with Crippen molar-refractivity contribution in [1.29, 1.82) is 0 Å². The molecule has 0 fully saturated rings. The predicted octanol–water partition coefficient (Wildman–Crippen LogP) is 2.16. The Morgan fingerprint density at radius 1 is 1.31 bits per heavy atom. The molecule has 2 N–H and O–H groups in total. The molecule has 0 radical (unpaired) electrons. The summed E-state index contributed by atoms with van der Waals surface area (Å²) in [4.78, 5) is 6.54. The summed E-state index contributed by atoms with van der Waals surface area (Å²) in [5.41, 5.74) is 0.186. The highest BCUT2D eigenvalue weighted by atomic mass is 32.2. The lowest BCUT2D eigenvalue weighted by molar-refractivity contribution is 0.407. The van der Waals surface area contributed by atoms with Crippen molar-refractivity contribution in [2.24, 2.45) is 4.99 Å². The first-order chi connectivity index (χ1) is 12.1. The van der Waals surface area contributed by atoms with E-state index in [1.807, 2.05) is 49.2 Å². The maximum Gasteiger partial charge on any atom is 0.209 e. The van der Waals surface area contributed by atoms with Gasteiger partial charge in [0.2, 0.25) is 10.0 Å². The van der Waals surface area contributed by atoms with Gasteiger partial charge in [-0.2, -0.15) is 0 Å². The monoisotopic (exact) mass is 380 g/mol. The molecule has 2 rings (SSSR count). The topological polar surface area (TPSA) is 86.9 Å². The largest absolute Gasteiger partial charge is 0.459 e. The van der Waals surface area contributed by atoms with E-state index in [2.05, 4.69) is 15.0 Å². The van der Waals surface area contributed by atoms with Gasteiger partial charge in [0.1, 0.15) is 11.3 Å². The average Bonchev–Trinajstić information content (AvgIpc) is 2.91. The van der Waals surface area contributed by atoms with Crippen molar-refractivity contribution < 1.29 is 12.8 Å². The van der Waals surface area contributed by atoms with E-state index in [0.29, 0.717) is 25.6 Å². The Hall–Kier alpha value is -2.06. The number of hydrogen-bond donors (Lipinski definition) is 2. The van der Waals surface area contributed by atoms with E-state index < -0.39 is 15.6 Å². The first-order valence-electron chi connectivity index (χ1n) is 8.55. The van der Waals surface area contributed by atoms with Crippen LogP contribution in [-0.2, 0) is 16.6 Å². The normalized spacial score (nSPS) is 13.2. The molecule has 0 aliphatic carbocycles. The number of nitrogens with zero attached hydrogens (tertiary/aromatic N) is 2. The molecule has 1 aromatic carbocycles. The van der Waals surface area contributed by atoms with Gasteiger partial charge in [-0.25, -0.2) is 13.1 Å². The molecule has 0 aliphatic rings. The first-order valence-corrected chi connectivity index (χ1v) is 10.4. The van der Waals surface area contributed by atoms with E-state index >= 15 is 0 Å². The number of sulfonamides is 1. The fourth-order valence-electron chi connectivity index (χ4n) is 2.70. The Bertz CT molecular complexity index is 838. The Morgan fingerprint density at radius 2 is 2.00 bits per heavy atom. The molecule has 0 unspecified atom stereocenters. The number of nitrogens with one attached hydrogen (secondary N) is 2. The molecule has 0 spiro atoms. The molecule has 26 heavy (non-hydrogen) atoms. The van der Waals surface area contributed by atoms with Crippen molar-refractivity contribution in [2.45, 2.75) is 32.9 Å². The van der Waals surface area contributed by atoms with Gasteiger partial charge in [0.25, 0.3) is 0 Å². The molecule has 2 aromatic rings. The molecule has 0 amide bonds. The zero-order valence-electron chi connectivity index (χ0n) is 16.0. The van der Waals surface area contributed by atoms with Gasteiger partial charge in [-0.1, -0.05) is 18.2 Å². The molecule has 7 nitrogen and oxygen atoms in total. The molecule has 1 heterocycles. The SMILES string of the molecule is CCNC(=NCC(C)(C)NS(C)(=O)=O)N(C)Cc1cc2ccccc2o1. The van der Waals surface area contributed by atoms with Crippen molar-refractivity contribution in [3.05, 3.63) is 36.1 Å². The second-order valence-corrected chi connectivity index (χ2v) is 8.78. The molecule has 144 valence electrons. The maximum absolute atomic E-state index is 11.5. The Labute approximate surface area is 155 Å². The van der Waals surface area contributed by atoms with E-state index in [1.54, 1.807) is 13.8 Å². The number of hydrogen-bond acceptors (Lipinski definition) is 4. The van der Waals surface area contributed by atoms with E-state index in [4.69, 9.17) is 4.42 Å². The van der Waals surface area contributed by atoms with Crippen LogP contribution in [0.3, 0.4) is 0 Å². The van der Waals surface area contributed by atoms with Crippen LogP contribution < -0.4 is 10.0 Å². The van der Waals surface area contributed by atoms with Crippen molar-refractivity contribution in [2.75, 3.05) is 26.4 Å². The van der Waals surface area contributed by atoms with Crippen LogP contribution in [0.25, 0.3) is 11.0 Å². The van der Waals surface area contributed by atoms with Gasteiger partial charge < -0.3 is 14.6 Å². The highest BCUT2D eigenvalue weighted by Gasteiger charge is 2.22. The van der Waals surface area contributed by atoms with Crippen LogP contribution in [0.4, 0.5) is 0 Å². The second-order valence-electron chi connectivity index (χ2n) is 7.03. The van der Waals surface area contributed by atoms with Crippen molar-refractivity contribution >= 4 is 27.0 Å². The Balaban J connectivity index is 2.11. The molecule has 0 aliphatic heterocycles. The zero-order valence-corrected chi connectivity index (χ0v) is 16.9. The van der Waals surface area contributed by atoms with Crippen LogP contribution in [0.5, 0.6) is 0 Å². The second kappa shape index (κ2) is 8.09. The lowest BCUT2D eigenvalue weighted by atomic mass is 10.1. The number of guanidine groups is 1. The van der Waals surface area contributed by atoms with Gasteiger partial charge in [0.05, 0.1) is 19.3 Å². The smallest absolute Gasteiger partial charge is 0.209 e. The van der Waals surface area contributed by atoms with Crippen molar-refractivity contribution in [3.63, 3.8) is 0 Å². The molecule has 0 saturated carbocycles. The van der Waals surface area contributed by atoms with Gasteiger partial charge in [-0.05, 0) is 32.9 Å².